The molecule has 6 rings (SSSR count). The average molecular weight is 624 g/mol. The van der Waals surface area contributed by atoms with Gasteiger partial charge < -0.3 is 19.9 Å². The third-order valence-electron chi connectivity index (χ3n) is 9.74. The highest BCUT2D eigenvalue weighted by Crippen LogP contribution is 2.43. The molecule has 1 aromatic carbocycles. The molecule has 4 aliphatic rings. The SMILES string of the molecule is CC(C)=CC1CN(C(C=O)(NC(=O)c2ccc(-c3csc(N4CCN(C)CC4)n3)c(F)c2)C2CCCCC2)C2C(=O)COC12. The third-order valence-corrected chi connectivity index (χ3v) is 10.6. The van der Waals surface area contributed by atoms with Gasteiger partial charge in [-0.2, -0.15) is 0 Å². The number of allylic oxidation sites excluding steroid dienone is 1. The van der Waals surface area contributed by atoms with Crippen molar-refractivity contribution in [1.82, 2.24) is 20.1 Å². The van der Waals surface area contributed by atoms with E-state index in [2.05, 4.69) is 28.2 Å². The van der Waals surface area contributed by atoms with Crippen LogP contribution in [0.25, 0.3) is 11.3 Å². The van der Waals surface area contributed by atoms with Crippen molar-refractivity contribution in [3.63, 3.8) is 0 Å². The number of rotatable bonds is 8. The minimum atomic E-state index is -1.41. The Kier molecular flexibility index (Phi) is 9.01. The quantitative estimate of drug-likeness (QED) is 0.347. The minimum absolute atomic E-state index is 0.00764. The number of Topliss-reactive ketones (excluding diaryl/α,β-unsaturated/α-hetero) is 1. The number of piperazine rings is 1. The van der Waals surface area contributed by atoms with E-state index in [0.717, 1.165) is 75.3 Å². The highest BCUT2D eigenvalue weighted by molar-refractivity contribution is 7.14. The fourth-order valence-electron chi connectivity index (χ4n) is 7.44. The molecule has 2 aromatic rings. The summed E-state index contributed by atoms with van der Waals surface area (Å²) in [5.41, 5.74) is 0.672. The molecular formula is C33H42FN5O4S. The third kappa shape index (κ3) is 5.87. The van der Waals surface area contributed by atoms with Crippen LogP contribution >= 0.6 is 11.3 Å². The molecule has 4 atom stereocenters. The Morgan fingerprint density at radius 3 is 2.59 bits per heavy atom. The summed E-state index contributed by atoms with van der Waals surface area (Å²) in [5, 5.41) is 5.76. The molecule has 9 nitrogen and oxygen atoms in total. The fraction of sp³-hybridized carbons (Fsp3) is 0.576. The van der Waals surface area contributed by atoms with Gasteiger partial charge in [0.15, 0.2) is 22.9 Å². The van der Waals surface area contributed by atoms with Gasteiger partial charge in [0, 0.05) is 61.1 Å². The smallest absolute Gasteiger partial charge is 0.253 e. The molecule has 236 valence electrons. The zero-order valence-corrected chi connectivity index (χ0v) is 26.6. The first-order chi connectivity index (χ1) is 21.2. The van der Waals surface area contributed by atoms with Gasteiger partial charge >= 0.3 is 0 Å². The summed E-state index contributed by atoms with van der Waals surface area (Å²) in [6.07, 6.45) is 6.98. The number of ether oxygens (including phenoxy) is 1. The number of amides is 1. The Balaban J connectivity index is 1.27. The Morgan fingerprint density at radius 2 is 1.91 bits per heavy atom. The van der Waals surface area contributed by atoms with Crippen molar-refractivity contribution in [2.75, 3.05) is 51.3 Å². The molecule has 4 fully saturated rings. The first-order valence-corrected chi connectivity index (χ1v) is 16.6. The highest BCUT2D eigenvalue weighted by Gasteiger charge is 2.59. The summed E-state index contributed by atoms with van der Waals surface area (Å²) in [6, 6.07) is 3.77. The molecule has 0 spiro atoms. The summed E-state index contributed by atoms with van der Waals surface area (Å²) in [6.45, 7) is 8.05. The van der Waals surface area contributed by atoms with E-state index in [-0.39, 0.29) is 35.9 Å². The van der Waals surface area contributed by atoms with Crippen LogP contribution in [-0.4, -0.2) is 96.9 Å². The molecule has 3 saturated heterocycles. The summed E-state index contributed by atoms with van der Waals surface area (Å²) < 4.78 is 21.5. The number of aldehydes is 1. The summed E-state index contributed by atoms with van der Waals surface area (Å²) in [7, 11) is 2.10. The lowest BCUT2D eigenvalue weighted by Crippen LogP contribution is -2.68. The molecule has 1 amide bonds. The molecule has 0 radical (unpaired) electrons. The van der Waals surface area contributed by atoms with Crippen LogP contribution in [0.3, 0.4) is 0 Å². The molecule has 4 unspecified atom stereocenters. The molecule has 1 aromatic heterocycles. The van der Waals surface area contributed by atoms with Crippen LogP contribution in [0, 0.1) is 17.7 Å². The Hall–Kier alpha value is -2.99. The second-order valence-electron chi connectivity index (χ2n) is 13.0. The van der Waals surface area contributed by atoms with Crippen LogP contribution in [0.1, 0.15) is 56.3 Å². The van der Waals surface area contributed by atoms with E-state index in [0.29, 0.717) is 17.8 Å². The highest BCUT2D eigenvalue weighted by atomic mass is 32.1. The summed E-state index contributed by atoms with van der Waals surface area (Å²) in [4.78, 5) is 51.3. The first-order valence-electron chi connectivity index (χ1n) is 15.7. The number of likely N-dealkylation sites (N-methyl/N-ethyl adjacent to an activating group) is 1. The van der Waals surface area contributed by atoms with Gasteiger partial charge in [-0.25, -0.2) is 9.37 Å². The molecule has 0 bridgehead atoms. The zero-order chi connectivity index (χ0) is 31.0. The van der Waals surface area contributed by atoms with Crippen molar-refractivity contribution in [3.05, 3.63) is 46.6 Å². The van der Waals surface area contributed by atoms with Crippen molar-refractivity contribution in [3.8, 4) is 11.3 Å². The number of halogens is 1. The monoisotopic (exact) mass is 623 g/mol. The van der Waals surface area contributed by atoms with Gasteiger partial charge in [-0.1, -0.05) is 30.9 Å². The maximum atomic E-state index is 15.6. The topological polar surface area (TPSA) is 95.1 Å². The molecule has 3 aliphatic heterocycles. The lowest BCUT2D eigenvalue weighted by Gasteiger charge is -2.47. The number of anilines is 1. The predicted octanol–water partition coefficient (Wildman–Crippen LogP) is 4.14. The van der Waals surface area contributed by atoms with E-state index >= 15 is 4.39 Å². The number of carbonyl (C=O) groups is 3. The first kappa shape index (κ1) is 31.0. The van der Waals surface area contributed by atoms with E-state index in [4.69, 9.17) is 9.72 Å². The standard InChI is InChI=1S/C33H42FN5O4S/c1-21(2)15-23-17-39(29-28(41)18-43-30(23)29)33(20-40,24-7-5-4-6-8-24)36-31(42)22-9-10-25(26(34)16-22)27-19-44-32(35-27)38-13-11-37(3)12-14-38/h9-10,15-16,19-20,23-24,29-30H,4-8,11-14,17-18H2,1-3H3,(H,36,42). The number of nitrogens with zero attached hydrogens (tertiary/aromatic N) is 4. The normalized spacial score (nSPS) is 26.3. The lowest BCUT2D eigenvalue weighted by atomic mass is 9.78. The molecule has 4 heterocycles. The maximum Gasteiger partial charge on any atom is 0.253 e. The van der Waals surface area contributed by atoms with Gasteiger partial charge in [0.05, 0.1) is 11.8 Å². The molecule has 11 heteroatoms. The van der Waals surface area contributed by atoms with E-state index in [1.54, 1.807) is 12.1 Å². The summed E-state index contributed by atoms with van der Waals surface area (Å²) >= 11 is 1.49. The number of nitrogens with one attached hydrogen (secondary N) is 1. The Labute approximate surface area is 262 Å². The second-order valence-corrected chi connectivity index (χ2v) is 13.8. The Morgan fingerprint density at radius 1 is 1.16 bits per heavy atom. The van der Waals surface area contributed by atoms with E-state index in [1.165, 1.54) is 17.4 Å². The predicted molar refractivity (Wildman–Crippen MR) is 168 cm³/mol. The average Bonchev–Trinajstić information content (AvgIpc) is 3.74. The molecule has 1 aliphatic carbocycles. The van der Waals surface area contributed by atoms with Gasteiger partial charge in [0.1, 0.15) is 18.5 Å². The zero-order valence-electron chi connectivity index (χ0n) is 25.8. The fourth-order valence-corrected chi connectivity index (χ4v) is 8.32. The van der Waals surface area contributed by atoms with Gasteiger partial charge in [-0.15, -0.1) is 11.3 Å². The lowest BCUT2D eigenvalue weighted by molar-refractivity contribution is -0.132. The van der Waals surface area contributed by atoms with Gasteiger partial charge in [0.2, 0.25) is 0 Å². The molecular weight excluding hydrogens is 581 g/mol. The van der Waals surface area contributed by atoms with Gasteiger partial charge in [-0.3, -0.25) is 19.3 Å². The van der Waals surface area contributed by atoms with E-state index < -0.39 is 23.4 Å². The van der Waals surface area contributed by atoms with Crippen molar-refractivity contribution in [2.45, 2.75) is 63.8 Å². The van der Waals surface area contributed by atoms with Gasteiger partial charge in [0.25, 0.3) is 5.91 Å². The van der Waals surface area contributed by atoms with Gasteiger partial charge in [-0.05, 0) is 51.9 Å². The number of carbonyl (C=O) groups excluding carboxylic acids is 3. The number of likely N-dealkylation sites (tertiary alicyclic amines) is 1. The van der Waals surface area contributed by atoms with Crippen molar-refractivity contribution < 1.29 is 23.5 Å². The minimum Gasteiger partial charge on any atom is -0.368 e. The van der Waals surface area contributed by atoms with Crippen molar-refractivity contribution in [1.29, 1.82) is 0 Å². The second kappa shape index (κ2) is 12.8. The summed E-state index contributed by atoms with van der Waals surface area (Å²) in [5.74, 6) is -1.43. The number of hydrogen-bond acceptors (Lipinski definition) is 9. The number of fused-ring (bicyclic) bond motifs is 1. The van der Waals surface area contributed by atoms with Crippen LogP contribution in [0.4, 0.5) is 9.52 Å². The number of ketones is 1. The number of thiazole rings is 1. The van der Waals surface area contributed by atoms with Crippen LogP contribution in [0.2, 0.25) is 0 Å². The van der Waals surface area contributed by atoms with Crippen molar-refractivity contribution >= 4 is 34.4 Å². The van der Waals surface area contributed by atoms with Crippen LogP contribution in [0.15, 0.2) is 35.2 Å². The number of hydrogen-bond donors (Lipinski definition) is 1. The van der Waals surface area contributed by atoms with Crippen LogP contribution in [0.5, 0.6) is 0 Å². The largest absolute Gasteiger partial charge is 0.368 e. The van der Waals surface area contributed by atoms with Crippen molar-refractivity contribution in [2.24, 2.45) is 11.8 Å². The van der Waals surface area contributed by atoms with Crippen LogP contribution in [-0.2, 0) is 14.3 Å². The maximum absolute atomic E-state index is 15.6. The molecule has 44 heavy (non-hydrogen) atoms. The van der Waals surface area contributed by atoms with E-state index in [1.807, 2.05) is 24.1 Å². The number of aromatic nitrogens is 1. The molecule has 1 saturated carbocycles. The number of benzene rings is 1. The molecule has 1 N–H and O–H groups in total. The van der Waals surface area contributed by atoms with Crippen LogP contribution < -0.4 is 10.2 Å². The van der Waals surface area contributed by atoms with E-state index in [9.17, 15) is 14.4 Å². The Bertz CT molecular complexity index is 1430.